The van der Waals surface area contributed by atoms with E-state index in [0.29, 0.717) is 5.16 Å². The van der Waals surface area contributed by atoms with Crippen LogP contribution in [0.3, 0.4) is 0 Å². The van der Waals surface area contributed by atoms with E-state index in [4.69, 9.17) is 0 Å². The molecule has 2 aromatic rings. The highest BCUT2D eigenvalue weighted by Gasteiger charge is 2.12. The third-order valence-corrected chi connectivity index (χ3v) is 4.10. The van der Waals surface area contributed by atoms with Crippen molar-refractivity contribution < 1.29 is 13.0 Å². The van der Waals surface area contributed by atoms with Gasteiger partial charge in [0.25, 0.3) is 6.08 Å². The number of benzene rings is 1. The Balaban J connectivity index is 2.15. The van der Waals surface area contributed by atoms with Crippen molar-refractivity contribution in [2.45, 2.75) is 11.6 Å². The lowest BCUT2D eigenvalue weighted by Gasteiger charge is -1.99. The number of hydrogen-bond donors (Lipinski definition) is 0. The van der Waals surface area contributed by atoms with Crippen molar-refractivity contribution in [3.8, 4) is 11.3 Å². The highest BCUT2D eigenvalue weighted by atomic mass is 32.2. The molecule has 0 saturated carbocycles. The molecule has 0 aliphatic rings. The summed E-state index contributed by atoms with van der Waals surface area (Å²) in [5, 5.41) is 0.400. The zero-order chi connectivity index (χ0) is 14.5. The Hall–Kier alpha value is -1.82. The molecule has 0 saturated heterocycles. The SMILES string of the molecule is Cn1cc(-c2ccccc2)nc1S(=O)CCC=C(F)F. The summed E-state index contributed by atoms with van der Waals surface area (Å²) in [5.41, 5.74) is 1.66. The molecule has 0 N–H and O–H groups in total. The molecule has 0 aliphatic carbocycles. The predicted octanol–water partition coefficient (Wildman–Crippen LogP) is 3.37. The van der Waals surface area contributed by atoms with Gasteiger partial charge in [0, 0.05) is 24.6 Å². The van der Waals surface area contributed by atoms with Gasteiger partial charge in [0.15, 0.2) is 5.16 Å². The highest BCUT2D eigenvalue weighted by molar-refractivity contribution is 7.84. The molecule has 3 nitrogen and oxygen atoms in total. The number of aryl methyl sites for hydroxylation is 1. The molecule has 106 valence electrons. The smallest absolute Gasteiger partial charge is 0.266 e. The van der Waals surface area contributed by atoms with E-state index in [1.807, 2.05) is 30.3 Å². The third-order valence-electron chi connectivity index (χ3n) is 2.71. The largest absolute Gasteiger partial charge is 0.326 e. The van der Waals surface area contributed by atoms with Crippen LogP contribution >= 0.6 is 0 Å². The number of rotatable bonds is 5. The van der Waals surface area contributed by atoms with Crippen LogP contribution in [0.4, 0.5) is 8.78 Å². The summed E-state index contributed by atoms with van der Waals surface area (Å²) < 4.78 is 37.6. The van der Waals surface area contributed by atoms with Gasteiger partial charge in [-0.3, -0.25) is 4.21 Å². The fraction of sp³-hybridized carbons (Fsp3) is 0.214. The van der Waals surface area contributed by atoms with Crippen molar-refractivity contribution in [2.24, 2.45) is 7.05 Å². The van der Waals surface area contributed by atoms with Crippen molar-refractivity contribution in [2.75, 3.05) is 5.75 Å². The predicted molar refractivity (Wildman–Crippen MR) is 74.8 cm³/mol. The number of allylic oxidation sites excluding steroid dienone is 1. The number of imidazole rings is 1. The van der Waals surface area contributed by atoms with Crippen molar-refractivity contribution in [3.63, 3.8) is 0 Å². The van der Waals surface area contributed by atoms with Crippen LogP contribution in [0.1, 0.15) is 6.42 Å². The molecule has 1 atom stereocenters. The Kier molecular flexibility index (Phi) is 4.79. The average Bonchev–Trinajstić information content (AvgIpc) is 2.81. The van der Waals surface area contributed by atoms with E-state index in [0.717, 1.165) is 17.3 Å². The van der Waals surface area contributed by atoms with Gasteiger partial charge in [-0.1, -0.05) is 30.3 Å². The first-order valence-corrected chi connectivity index (χ1v) is 7.38. The monoisotopic (exact) mass is 296 g/mol. The van der Waals surface area contributed by atoms with Gasteiger partial charge in [0.1, 0.15) is 0 Å². The van der Waals surface area contributed by atoms with E-state index in [1.165, 1.54) is 0 Å². The molecule has 0 spiro atoms. The molecule has 0 aliphatic heterocycles. The molecule has 1 aromatic heterocycles. The molecule has 1 heterocycles. The van der Waals surface area contributed by atoms with E-state index in [2.05, 4.69) is 4.98 Å². The first-order chi connectivity index (χ1) is 9.58. The first kappa shape index (κ1) is 14.6. The molecule has 20 heavy (non-hydrogen) atoms. The van der Waals surface area contributed by atoms with Gasteiger partial charge in [0.2, 0.25) is 0 Å². The second kappa shape index (κ2) is 6.56. The summed E-state index contributed by atoms with van der Waals surface area (Å²) in [6.07, 6.45) is 0.891. The van der Waals surface area contributed by atoms with E-state index in [9.17, 15) is 13.0 Å². The maximum absolute atomic E-state index is 12.0. The minimum Gasteiger partial charge on any atom is -0.326 e. The third kappa shape index (κ3) is 3.60. The summed E-state index contributed by atoms with van der Waals surface area (Å²) in [6.45, 7) is 0. The number of halogens is 2. The van der Waals surface area contributed by atoms with E-state index in [1.54, 1.807) is 17.8 Å². The van der Waals surface area contributed by atoms with Gasteiger partial charge in [-0.05, 0) is 12.5 Å². The van der Waals surface area contributed by atoms with Gasteiger partial charge < -0.3 is 4.57 Å². The molecule has 1 aromatic carbocycles. The molecule has 0 fully saturated rings. The number of aromatic nitrogens is 2. The van der Waals surface area contributed by atoms with Gasteiger partial charge in [0.05, 0.1) is 16.5 Å². The summed E-state index contributed by atoms with van der Waals surface area (Å²) in [6, 6.07) is 9.53. The number of nitrogens with zero attached hydrogens (tertiary/aromatic N) is 2. The summed E-state index contributed by atoms with van der Waals surface area (Å²) >= 11 is 0. The molecule has 1 unspecified atom stereocenters. The van der Waals surface area contributed by atoms with Crippen molar-refractivity contribution in [1.29, 1.82) is 0 Å². The molecule has 2 rings (SSSR count). The lowest BCUT2D eigenvalue weighted by atomic mass is 10.2. The van der Waals surface area contributed by atoms with Crippen LogP contribution in [-0.2, 0) is 17.8 Å². The standard InChI is InChI=1S/C14H14F2N2OS/c1-18-10-12(11-6-3-2-4-7-11)17-14(18)20(19)9-5-8-13(15)16/h2-4,6-8,10H,5,9H2,1H3. The Bertz CT molecular complexity index is 634. The van der Waals surface area contributed by atoms with Gasteiger partial charge in [-0.25, -0.2) is 4.98 Å². The van der Waals surface area contributed by atoms with Crippen LogP contribution in [0.2, 0.25) is 0 Å². The fourth-order valence-corrected chi connectivity index (χ4v) is 2.86. The Morgan fingerprint density at radius 2 is 2.05 bits per heavy atom. The van der Waals surface area contributed by atoms with Crippen molar-refractivity contribution in [3.05, 3.63) is 48.7 Å². The molecule has 0 bridgehead atoms. The van der Waals surface area contributed by atoms with Crippen LogP contribution in [0.5, 0.6) is 0 Å². The second-order valence-corrected chi connectivity index (χ2v) is 5.68. The lowest BCUT2D eigenvalue weighted by molar-refractivity contribution is 0.418. The first-order valence-electron chi connectivity index (χ1n) is 6.06. The van der Waals surface area contributed by atoms with E-state index in [-0.39, 0.29) is 12.2 Å². The molecule has 0 radical (unpaired) electrons. The van der Waals surface area contributed by atoms with Gasteiger partial charge >= 0.3 is 0 Å². The van der Waals surface area contributed by atoms with Crippen LogP contribution in [0.15, 0.2) is 53.8 Å². The molecule has 6 heteroatoms. The highest BCUT2D eigenvalue weighted by Crippen LogP contribution is 2.19. The summed E-state index contributed by atoms with van der Waals surface area (Å²) in [5.74, 6) is 0.135. The minimum atomic E-state index is -1.74. The molecule has 0 amide bonds. The number of hydrogen-bond acceptors (Lipinski definition) is 2. The quantitative estimate of drug-likeness (QED) is 0.848. The van der Waals surface area contributed by atoms with Crippen molar-refractivity contribution in [1.82, 2.24) is 9.55 Å². The molecular weight excluding hydrogens is 282 g/mol. The summed E-state index contributed by atoms with van der Waals surface area (Å²) in [7, 11) is 0.358. The second-order valence-electron chi connectivity index (χ2n) is 4.22. The normalized spacial score (nSPS) is 12.2. The van der Waals surface area contributed by atoms with Crippen LogP contribution < -0.4 is 0 Å². The van der Waals surface area contributed by atoms with Crippen LogP contribution in [-0.4, -0.2) is 19.5 Å². The Morgan fingerprint density at radius 1 is 1.35 bits per heavy atom. The maximum atomic E-state index is 12.0. The van der Waals surface area contributed by atoms with Crippen molar-refractivity contribution >= 4 is 10.8 Å². The van der Waals surface area contributed by atoms with E-state index >= 15 is 0 Å². The van der Waals surface area contributed by atoms with E-state index < -0.39 is 16.9 Å². The zero-order valence-corrected chi connectivity index (χ0v) is 11.7. The Labute approximate surface area is 118 Å². The van der Waals surface area contributed by atoms with Gasteiger partial charge in [-0.15, -0.1) is 0 Å². The lowest BCUT2D eigenvalue weighted by Crippen LogP contribution is -2.04. The summed E-state index contributed by atoms with van der Waals surface area (Å²) in [4.78, 5) is 4.33. The average molecular weight is 296 g/mol. The minimum absolute atomic E-state index is 0.0719. The van der Waals surface area contributed by atoms with Crippen LogP contribution in [0, 0.1) is 0 Å². The fourth-order valence-electron chi connectivity index (χ4n) is 1.78. The zero-order valence-electron chi connectivity index (χ0n) is 10.9. The van der Waals surface area contributed by atoms with Gasteiger partial charge in [-0.2, -0.15) is 8.78 Å². The maximum Gasteiger partial charge on any atom is 0.266 e. The molecular formula is C14H14F2N2OS. The van der Waals surface area contributed by atoms with Crippen LogP contribution in [0.25, 0.3) is 11.3 Å². The Morgan fingerprint density at radius 3 is 2.70 bits per heavy atom. The topological polar surface area (TPSA) is 34.9 Å².